The van der Waals surface area contributed by atoms with E-state index in [9.17, 15) is 26.0 Å². The number of benzene rings is 1. The standard InChI is InChI=1S/C10H7F4N3O2S/c1-4-7(3-15-16-4)20(18,19)17-10-8(13)5(11)2-6(12)9(10)14/h2-3,17H,1H3,(H,15,16). The number of hydrogen-bond donors (Lipinski definition) is 2. The molecular weight excluding hydrogens is 302 g/mol. The zero-order chi connectivity index (χ0) is 15.1. The van der Waals surface area contributed by atoms with Gasteiger partial charge >= 0.3 is 0 Å². The average molecular weight is 309 g/mol. The van der Waals surface area contributed by atoms with Crippen molar-refractivity contribution in [2.24, 2.45) is 0 Å². The van der Waals surface area contributed by atoms with Gasteiger partial charge in [0.25, 0.3) is 10.0 Å². The van der Waals surface area contributed by atoms with Crippen LogP contribution in [0, 0.1) is 30.2 Å². The number of sulfonamides is 1. The maximum absolute atomic E-state index is 13.4. The highest BCUT2D eigenvalue weighted by atomic mass is 32.2. The molecule has 20 heavy (non-hydrogen) atoms. The second-order valence-corrected chi connectivity index (χ2v) is 5.46. The molecule has 2 N–H and O–H groups in total. The van der Waals surface area contributed by atoms with Gasteiger partial charge < -0.3 is 0 Å². The first-order chi connectivity index (χ1) is 9.24. The summed E-state index contributed by atoms with van der Waals surface area (Å²) < 4.78 is 77.9. The fourth-order valence-electron chi connectivity index (χ4n) is 1.46. The Morgan fingerprint density at radius 2 is 1.70 bits per heavy atom. The van der Waals surface area contributed by atoms with Crippen molar-refractivity contribution >= 4 is 15.7 Å². The highest BCUT2D eigenvalue weighted by Gasteiger charge is 2.26. The van der Waals surface area contributed by atoms with Gasteiger partial charge in [-0.05, 0) is 6.92 Å². The first-order valence-corrected chi connectivity index (χ1v) is 6.58. The monoisotopic (exact) mass is 309 g/mol. The molecule has 108 valence electrons. The van der Waals surface area contributed by atoms with Gasteiger partial charge in [-0.15, -0.1) is 0 Å². The third kappa shape index (κ3) is 2.33. The van der Waals surface area contributed by atoms with Crippen LogP contribution < -0.4 is 4.72 Å². The van der Waals surface area contributed by atoms with Crippen molar-refractivity contribution < 1.29 is 26.0 Å². The number of hydrogen-bond acceptors (Lipinski definition) is 3. The van der Waals surface area contributed by atoms with Crippen LogP contribution in [0.1, 0.15) is 5.69 Å². The van der Waals surface area contributed by atoms with Crippen LogP contribution in [-0.2, 0) is 10.0 Å². The maximum Gasteiger partial charge on any atom is 0.265 e. The number of halogens is 4. The third-order valence-corrected chi connectivity index (χ3v) is 3.88. The molecule has 0 aliphatic rings. The SMILES string of the molecule is Cc1[nH]ncc1S(=O)(=O)Nc1c(F)c(F)cc(F)c1F. The van der Waals surface area contributed by atoms with Gasteiger partial charge in [-0.2, -0.15) is 5.10 Å². The molecule has 0 aliphatic carbocycles. The topological polar surface area (TPSA) is 74.8 Å². The Hall–Kier alpha value is -2.10. The van der Waals surface area contributed by atoms with E-state index in [-0.39, 0.29) is 11.8 Å². The van der Waals surface area contributed by atoms with Gasteiger partial charge in [0.2, 0.25) is 0 Å². The van der Waals surface area contributed by atoms with E-state index >= 15 is 0 Å². The van der Waals surface area contributed by atoms with Gasteiger partial charge in [-0.3, -0.25) is 9.82 Å². The molecule has 0 spiro atoms. The summed E-state index contributed by atoms with van der Waals surface area (Å²) in [7, 11) is -4.44. The lowest BCUT2D eigenvalue weighted by atomic mass is 10.3. The van der Waals surface area contributed by atoms with Gasteiger partial charge in [0.05, 0.1) is 11.9 Å². The summed E-state index contributed by atoms with van der Waals surface area (Å²) in [4.78, 5) is -0.402. The predicted octanol–water partition coefficient (Wildman–Crippen LogP) is 2.08. The number of aromatic nitrogens is 2. The van der Waals surface area contributed by atoms with E-state index in [0.717, 1.165) is 6.20 Å². The molecule has 5 nitrogen and oxygen atoms in total. The van der Waals surface area contributed by atoms with Crippen LogP contribution in [0.3, 0.4) is 0 Å². The number of aromatic amines is 1. The van der Waals surface area contributed by atoms with Crippen LogP contribution in [0.25, 0.3) is 0 Å². The molecule has 0 saturated heterocycles. The second-order valence-electron chi connectivity index (χ2n) is 3.81. The van der Waals surface area contributed by atoms with Crippen molar-refractivity contribution in [1.82, 2.24) is 10.2 Å². The smallest absolute Gasteiger partial charge is 0.265 e. The van der Waals surface area contributed by atoms with E-state index in [1.54, 1.807) is 0 Å². The molecule has 0 bridgehead atoms. The van der Waals surface area contributed by atoms with Crippen LogP contribution in [0.15, 0.2) is 17.2 Å². The van der Waals surface area contributed by atoms with Crippen LogP contribution >= 0.6 is 0 Å². The first kappa shape index (κ1) is 14.3. The van der Waals surface area contributed by atoms with Crippen molar-refractivity contribution in [3.8, 4) is 0 Å². The normalized spacial score (nSPS) is 11.7. The number of nitrogens with one attached hydrogen (secondary N) is 2. The fourth-order valence-corrected chi connectivity index (χ4v) is 2.66. The lowest BCUT2D eigenvalue weighted by molar-refractivity contribution is 0.459. The van der Waals surface area contributed by atoms with Gasteiger partial charge in [-0.25, -0.2) is 26.0 Å². The summed E-state index contributed by atoms with van der Waals surface area (Å²) in [6.07, 6.45) is 0.892. The zero-order valence-electron chi connectivity index (χ0n) is 9.84. The fraction of sp³-hybridized carbons (Fsp3) is 0.100. The van der Waals surface area contributed by atoms with Crippen molar-refractivity contribution in [3.63, 3.8) is 0 Å². The molecule has 0 atom stereocenters. The molecule has 0 saturated carbocycles. The van der Waals surface area contributed by atoms with Gasteiger partial charge in [0.1, 0.15) is 10.6 Å². The van der Waals surface area contributed by atoms with Gasteiger partial charge in [0.15, 0.2) is 23.3 Å². The number of anilines is 1. The molecule has 0 radical (unpaired) electrons. The highest BCUT2D eigenvalue weighted by Crippen LogP contribution is 2.27. The van der Waals surface area contributed by atoms with Crippen LogP contribution in [0.4, 0.5) is 23.2 Å². The molecule has 1 aromatic carbocycles. The Bertz CT molecular complexity index is 747. The Labute approximate surface area is 110 Å². The molecule has 0 amide bonds. The number of aryl methyl sites for hydroxylation is 1. The van der Waals surface area contributed by atoms with Crippen molar-refractivity contribution in [2.45, 2.75) is 11.8 Å². The van der Waals surface area contributed by atoms with E-state index in [0.29, 0.717) is 0 Å². The summed E-state index contributed by atoms with van der Waals surface area (Å²) in [6, 6.07) is -0.0223. The summed E-state index contributed by atoms with van der Waals surface area (Å²) in [5, 5.41) is 5.74. The summed E-state index contributed by atoms with van der Waals surface area (Å²) in [5.74, 6) is -7.11. The summed E-state index contributed by atoms with van der Waals surface area (Å²) in [6.45, 7) is 1.35. The Morgan fingerprint density at radius 1 is 1.15 bits per heavy atom. The van der Waals surface area contributed by atoms with Gasteiger partial charge in [-0.1, -0.05) is 0 Å². The molecule has 0 fully saturated rings. The molecule has 2 rings (SSSR count). The molecule has 0 aliphatic heterocycles. The van der Waals surface area contributed by atoms with Gasteiger partial charge in [0, 0.05) is 6.07 Å². The Kier molecular flexibility index (Phi) is 3.42. The average Bonchev–Trinajstić information content (AvgIpc) is 2.79. The molecule has 1 heterocycles. The lowest BCUT2D eigenvalue weighted by Crippen LogP contribution is -2.17. The van der Waals surface area contributed by atoms with Crippen molar-refractivity contribution in [3.05, 3.63) is 41.2 Å². The van der Waals surface area contributed by atoms with E-state index in [4.69, 9.17) is 0 Å². The minimum atomic E-state index is -4.44. The molecule has 10 heteroatoms. The quantitative estimate of drug-likeness (QED) is 0.673. The molecular formula is C10H7F4N3O2S. The molecule has 0 unspecified atom stereocenters. The highest BCUT2D eigenvalue weighted by molar-refractivity contribution is 7.92. The second kappa shape index (κ2) is 4.78. The summed E-state index contributed by atoms with van der Waals surface area (Å²) >= 11 is 0. The Morgan fingerprint density at radius 3 is 2.15 bits per heavy atom. The van der Waals surface area contributed by atoms with Crippen molar-refractivity contribution in [2.75, 3.05) is 4.72 Å². The van der Waals surface area contributed by atoms with Crippen LogP contribution in [0.5, 0.6) is 0 Å². The third-order valence-electron chi connectivity index (χ3n) is 2.42. The number of rotatable bonds is 3. The van der Waals surface area contributed by atoms with Crippen molar-refractivity contribution in [1.29, 1.82) is 0 Å². The van der Waals surface area contributed by atoms with E-state index in [2.05, 4.69) is 10.2 Å². The minimum Gasteiger partial charge on any atom is -0.281 e. The predicted molar refractivity (Wildman–Crippen MR) is 60.4 cm³/mol. The largest absolute Gasteiger partial charge is 0.281 e. The lowest BCUT2D eigenvalue weighted by Gasteiger charge is -2.10. The van der Waals surface area contributed by atoms with E-state index in [1.165, 1.54) is 11.6 Å². The van der Waals surface area contributed by atoms with E-state index < -0.39 is 43.9 Å². The zero-order valence-corrected chi connectivity index (χ0v) is 10.7. The first-order valence-electron chi connectivity index (χ1n) is 5.10. The molecule has 2 aromatic rings. The number of nitrogens with zero attached hydrogens (tertiary/aromatic N) is 1. The maximum atomic E-state index is 13.4. The van der Waals surface area contributed by atoms with Crippen LogP contribution in [0.2, 0.25) is 0 Å². The summed E-state index contributed by atoms with van der Waals surface area (Å²) in [5.41, 5.74) is -1.33. The molecule has 1 aromatic heterocycles. The Balaban J connectivity index is 2.53. The van der Waals surface area contributed by atoms with E-state index in [1.807, 2.05) is 0 Å². The number of H-pyrrole nitrogens is 1. The minimum absolute atomic E-state index is 0.0223. The van der Waals surface area contributed by atoms with Crippen LogP contribution in [-0.4, -0.2) is 18.6 Å².